The minimum atomic E-state index is -3.39. The van der Waals surface area contributed by atoms with Crippen LogP contribution in [0.3, 0.4) is 0 Å². The van der Waals surface area contributed by atoms with E-state index in [1.54, 1.807) is 0 Å². The van der Waals surface area contributed by atoms with Gasteiger partial charge in [0.1, 0.15) is 5.75 Å². The molecule has 0 aliphatic carbocycles. The molecule has 0 atom stereocenters. The standard InChI is InChI=1S/C36H37ClN6O3S/c1-2-3-24-47(44,45)38-22-20-34-31(21-23-46-30-17-14-28(15-18-30)36-39-41-42-40-36)32-25-29(37)16-19-33(32)43(34)35(26-10-6-4-7-11-26)27-12-8-5-9-13-27/h4-19,25,35,38H,2-3,20-24H2,1H3,(H,39,40,41,42). The summed E-state index contributed by atoms with van der Waals surface area (Å²) in [6, 6.07) is 34.2. The molecule has 0 unspecified atom stereocenters. The van der Waals surface area contributed by atoms with Gasteiger partial charge in [0.25, 0.3) is 0 Å². The van der Waals surface area contributed by atoms with E-state index in [9.17, 15) is 8.42 Å². The molecule has 11 heteroatoms. The summed E-state index contributed by atoms with van der Waals surface area (Å²) in [5.41, 5.74) is 6.22. The number of hydrogen-bond acceptors (Lipinski definition) is 6. The van der Waals surface area contributed by atoms with Crippen LogP contribution in [0, 0.1) is 0 Å². The normalized spacial score (nSPS) is 11.8. The Balaban J connectivity index is 1.39. The van der Waals surface area contributed by atoms with Crippen molar-refractivity contribution in [1.82, 2.24) is 29.9 Å². The Morgan fingerprint density at radius 3 is 2.26 bits per heavy atom. The molecule has 0 fully saturated rings. The van der Waals surface area contributed by atoms with Crippen LogP contribution >= 0.6 is 11.6 Å². The average molecular weight is 669 g/mol. The lowest BCUT2D eigenvalue weighted by atomic mass is 9.97. The summed E-state index contributed by atoms with van der Waals surface area (Å²) >= 11 is 6.62. The number of rotatable bonds is 15. The molecule has 0 radical (unpaired) electrons. The van der Waals surface area contributed by atoms with Crippen molar-refractivity contribution in [2.75, 3.05) is 18.9 Å². The highest BCUT2D eigenvalue weighted by Gasteiger charge is 2.26. The van der Waals surface area contributed by atoms with Gasteiger partial charge in [-0.15, -0.1) is 10.2 Å². The number of nitrogens with one attached hydrogen (secondary N) is 2. The molecule has 47 heavy (non-hydrogen) atoms. The summed E-state index contributed by atoms with van der Waals surface area (Å²) < 4.78 is 37.1. The fourth-order valence-corrected chi connectivity index (χ4v) is 7.40. The third kappa shape index (κ3) is 7.73. The molecule has 4 aromatic carbocycles. The van der Waals surface area contributed by atoms with Gasteiger partial charge in [-0.05, 0) is 70.8 Å². The number of aromatic nitrogens is 5. The average Bonchev–Trinajstić information content (AvgIpc) is 3.73. The minimum absolute atomic E-state index is 0.116. The molecule has 242 valence electrons. The SMILES string of the molecule is CCCCS(=O)(=O)NCCc1c(CCOc2ccc(-c3nn[nH]n3)cc2)c2cc(Cl)ccc2n1C(c1ccccc1)c1ccccc1. The van der Waals surface area contributed by atoms with Gasteiger partial charge in [0.15, 0.2) is 0 Å². The second-order valence-electron chi connectivity index (χ2n) is 11.4. The Kier molecular flexibility index (Phi) is 10.3. The lowest BCUT2D eigenvalue weighted by Gasteiger charge is -2.25. The molecule has 0 spiro atoms. The molecule has 2 aromatic heterocycles. The van der Waals surface area contributed by atoms with E-state index >= 15 is 0 Å². The van der Waals surface area contributed by atoms with Crippen LogP contribution in [0.2, 0.25) is 5.02 Å². The molecular formula is C36H37ClN6O3S. The second kappa shape index (κ2) is 14.9. The van der Waals surface area contributed by atoms with E-state index in [-0.39, 0.29) is 18.3 Å². The molecule has 0 aliphatic rings. The predicted molar refractivity (Wildman–Crippen MR) is 186 cm³/mol. The molecule has 2 heterocycles. The number of ether oxygens (including phenoxy) is 1. The molecule has 6 rings (SSSR count). The fraction of sp³-hybridized carbons (Fsp3) is 0.250. The largest absolute Gasteiger partial charge is 0.493 e. The van der Waals surface area contributed by atoms with Crippen molar-refractivity contribution in [3.05, 3.63) is 131 Å². The van der Waals surface area contributed by atoms with E-state index < -0.39 is 10.0 Å². The van der Waals surface area contributed by atoms with Crippen molar-refractivity contribution in [2.45, 2.75) is 38.6 Å². The number of sulfonamides is 1. The highest BCUT2D eigenvalue weighted by atomic mass is 35.5. The topological polar surface area (TPSA) is 115 Å². The maximum atomic E-state index is 12.8. The predicted octanol–water partition coefficient (Wildman–Crippen LogP) is 7.00. The summed E-state index contributed by atoms with van der Waals surface area (Å²) in [7, 11) is -3.39. The molecule has 0 saturated carbocycles. The van der Waals surface area contributed by atoms with Crippen LogP contribution in [0.1, 0.15) is 48.2 Å². The van der Waals surface area contributed by atoms with Gasteiger partial charge in [-0.25, -0.2) is 13.1 Å². The van der Waals surface area contributed by atoms with Crippen molar-refractivity contribution in [3.8, 4) is 17.1 Å². The van der Waals surface area contributed by atoms with Gasteiger partial charge < -0.3 is 9.30 Å². The van der Waals surface area contributed by atoms with Crippen LogP contribution in [0.4, 0.5) is 0 Å². The Morgan fingerprint density at radius 1 is 0.915 bits per heavy atom. The van der Waals surface area contributed by atoms with Crippen molar-refractivity contribution >= 4 is 32.5 Å². The highest BCUT2D eigenvalue weighted by Crippen LogP contribution is 2.38. The summed E-state index contributed by atoms with van der Waals surface area (Å²) in [4.78, 5) is 0. The molecule has 6 aromatic rings. The smallest absolute Gasteiger partial charge is 0.211 e. The van der Waals surface area contributed by atoms with E-state index in [0.29, 0.717) is 36.7 Å². The zero-order valence-electron chi connectivity index (χ0n) is 26.1. The van der Waals surface area contributed by atoms with Crippen molar-refractivity contribution in [2.24, 2.45) is 0 Å². The molecule has 9 nitrogen and oxygen atoms in total. The van der Waals surface area contributed by atoms with E-state index in [4.69, 9.17) is 16.3 Å². The Labute approximate surface area is 280 Å². The first kappa shape index (κ1) is 32.4. The number of halogens is 1. The van der Waals surface area contributed by atoms with Crippen molar-refractivity contribution in [1.29, 1.82) is 0 Å². The maximum Gasteiger partial charge on any atom is 0.211 e. The van der Waals surface area contributed by atoms with Gasteiger partial charge in [-0.2, -0.15) is 5.21 Å². The molecule has 2 N–H and O–H groups in total. The minimum Gasteiger partial charge on any atom is -0.493 e. The van der Waals surface area contributed by atoms with Crippen LogP contribution < -0.4 is 9.46 Å². The number of aromatic amines is 1. The van der Waals surface area contributed by atoms with E-state index in [2.05, 4.69) is 60.2 Å². The van der Waals surface area contributed by atoms with Crippen molar-refractivity contribution in [3.63, 3.8) is 0 Å². The Hall–Kier alpha value is -4.51. The Morgan fingerprint density at radius 2 is 1.62 bits per heavy atom. The quantitative estimate of drug-likeness (QED) is 0.122. The molecule has 0 aliphatic heterocycles. The van der Waals surface area contributed by atoms with Crippen LogP contribution in [-0.2, 0) is 22.9 Å². The van der Waals surface area contributed by atoms with Gasteiger partial charge in [-0.1, -0.05) is 85.6 Å². The maximum absolute atomic E-state index is 12.8. The lowest BCUT2D eigenvalue weighted by molar-refractivity contribution is 0.322. The molecule has 0 amide bonds. The van der Waals surface area contributed by atoms with Gasteiger partial charge in [-0.3, -0.25) is 0 Å². The van der Waals surface area contributed by atoms with Gasteiger partial charge in [0.05, 0.1) is 18.4 Å². The zero-order valence-corrected chi connectivity index (χ0v) is 27.7. The van der Waals surface area contributed by atoms with E-state index in [0.717, 1.165) is 51.0 Å². The van der Waals surface area contributed by atoms with Crippen LogP contribution in [0.5, 0.6) is 5.75 Å². The zero-order chi connectivity index (χ0) is 32.6. The van der Waals surface area contributed by atoms with Crippen LogP contribution in [0.25, 0.3) is 22.3 Å². The third-order valence-electron chi connectivity index (χ3n) is 8.20. The molecule has 0 saturated heterocycles. The van der Waals surface area contributed by atoms with Crippen molar-refractivity contribution < 1.29 is 13.2 Å². The van der Waals surface area contributed by atoms with Crippen LogP contribution in [0.15, 0.2) is 103 Å². The van der Waals surface area contributed by atoms with Crippen LogP contribution in [-0.4, -0.2) is 52.5 Å². The van der Waals surface area contributed by atoms with Gasteiger partial charge in [0, 0.05) is 46.6 Å². The second-order valence-corrected chi connectivity index (χ2v) is 13.7. The first-order valence-electron chi connectivity index (χ1n) is 15.8. The van der Waals surface area contributed by atoms with E-state index in [1.165, 1.54) is 0 Å². The van der Waals surface area contributed by atoms with Gasteiger partial charge in [0.2, 0.25) is 15.8 Å². The first-order chi connectivity index (χ1) is 22.9. The number of tetrazole rings is 1. The van der Waals surface area contributed by atoms with E-state index in [1.807, 2.05) is 79.7 Å². The number of fused-ring (bicyclic) bond motifs is 1. The lowest BCUT2D eigenvalue weighted by Crippen LogP contribution is -2.29. The Bertz CT molecular complexity index is 1960. The summed E-state index contributed by atoms with van der Waals surface area (Å²) in [6.07, 6.45) is 2.51. The summed E-state index contributed by atoms with van der Waals surface area (Å²) in [5, 5.41) is 15.8. The summed E-state index contributed by atoms with van der Waals surface area (Å²) in [5.74, 6) is 1.35. The summed E-state index contributed by atoms with van der Waals surface area (Å²) in [6.45, 7) is 2.67. The number of unbranched alkanes of at least 4 members (excludes halogenated alkanes) is 1. The number of H-pyrrole nitrogens is 1. The third-order valence-corrected chi connectivity index (χ3v) is 9.91. The monoisotopic (exact) mass is 668 g/mol. The number of hydrogen-bond donors (Lipinski definition) is 2. The fourth-order valence-electron chi connectivity index (χ4n) is 6.00. The first-order valence-corrected chi connectivity index (χ1v) is 17.8. The molecule has 0 bridgehead atoms. The van der Waals surface area contributed by atoms with Gasteiger partial charge >= 0.3 is 0 Å². The number of benzene rings is 4. The molecular weight excluding hydrogens is 632 g/mol. The number of nitrogens with zero attached hydrogens (tertiary/aromatic N) is 4. The highest BCUT2D eigenvalue weighted by molar-refractivity contribution is 7.89.